The van der Waals surface area contributed by atoms with Crippen LogP contribution in [0.3, 0.4) is 0 Å². The highest BCUT2D eigenvalue weighted by Crippen LogP contribution is 2.34. The van der Waals surface area contributed by atoms with E-state index >= 15 is 0 Å². The van der Waals surface area contributed by atoms with Crippen molar-refractivity contribution in [3.63, 3.8) is 0 Å². The van der Waals surface area contributed by atoms with Gasteiger partial charge in [-0.15, -0.1) is 0 Å². The van der Waals surface area contributed by atoms with Gasteiger partial charge >= 0.3 is 6.03 Å². The van der Waals surface area contributed by atoms with Gasteiger partial charge in [0, 0.05) is 24.2 Å². The summed E-state index contributed by atoms with van der Waals surface area (Å²) in [5.41, 5.74) is 7.85. The lowest BCUT2D eigenvalue weighted by molar-refractivity contribution is 0.215. The summed E-state index contributed by atoms with van der Waals surface area (Å²) in [6, 6.07) is 3.78. The second-order valence-corrected chi connectivity index (χ2v) is 6.24. The fourth-order valence-corrected chi connectivity index (χ4v) is 2.72. The average Bonchev–Trinajstić information content (AvgIpc) is 2.65. The predicted molar refractivity (Wildman–Crippen MR) is 80.6 cm³/mol. The van der Waals surface area contributed by atoms with Gasteiger partial charge in [-0.3, -0.25) is 5.32 Å². The highest BCUT2D eigenvalue weighted by atomic mass is 16.2. The molecule has 0 saturated carbocycles. The Morgan fingerprint density at radius 3 is 2.80 bits per heavy atom. The molecule has 2 amide bonds. The number of urea groups is 1. The summed E-state index contributed by atoms with van der Waals surface area (Å²) in [5, 5.41) is 2.88. The van der Waals surface area contributed by atoms with Crippen molar-refractivity contribution in [2.45, 2.75) is 27.7 Å². The highest BCUT2D eigenvalue weighted by molar-refractivity contribution is 5.88. The Balaban J connectivity index is 2.06. The van der Waals surface area contributed by atoms with Gasteiger partial charge in [-0.2, -0.15) is 0 Å². The first-order valence-corrected chi connectivity index (χ1v) is 7.05. The average molecular weight is 276 g/mol. The number of nitrogens with one attached hydrogen (secondary N) is 1. The van der Waals surface area contributed by atoms with Crippen LogP contribution in [0.25, 0.3) is 0 Å². The fourth-order valence-electron chi connectivity index (χ4n) is 2.72. The normalized spacial score (nSPS) is 25.9. The van der Waals surface area contributed by atoms with Crippen molar-refractivity contribution in [3.8, 4) is 0 Å². The first kappa shape index (κ1) is 14.8. The van der Waals surface area contributed by atoms with Crippen LogP contribution in [-0.2, 0) is 0 Å². The summed E-state index contributed by atoms with van der Waals surface area (Å²) >= 11 is 0. The van der Waals surface area contributed by atoms with Crippen LogP contribution in [0.1, 0.15) is 25.1 Å². The molecule has 1 aromatic heterocycles. The number of carbonyl (C=O) groups excluding carboxylic acids is 1. The molecular weight excluding hydrogens is 252 g/mol. The molecule has 2 heterocycles. The van der Waals surface area contributed by atoms with E-state index in [4.69, 9.17) is 5.73 Å². The summed E-state index contributed by atoms with van der Waals surface area (Å²) in [4.78, 5) is 18.5. The second-order valence-electron chi connectivity index (χ2n) is 6.24. The number of nitrogens with two attached hydrogens (primary N) is 1. The number of amides is 2. The van der Waals surface area contributed by atoms with E-state index in [1.165, 1.54) is 0 Å². The molecule has 0 spiro atoms. The van der Waals surface area contributed by atoms with E-state index in [-0.39, 0.29) is 11.4 Å². The van der Waals surface area contributed by atoms with Crippen molar-refractivity contribution < 1.29 is 4.79 Å². The molecule has 0 bridgehead atoms. The van der Waals surface area contributed by atoms with Crippen LogP contribution in [-0.4, -0.2) is 35.5 Å². The van der Waals surface area contributed by atoms with Gasteiger partial charge in [-0.25, -0.2) is 9.78 Å². The summed E-state index contributed by atoms with van der Waals surface area (Å²) in [5.74, 6) is 1.02. The minimum absolute atomic E-state index is 0.00723. The van der Waals surface area contributed by atoms with Gasteiger partial charge in [-0.05, 0) is 44.0 Å². The quantitative estimate of drug-likeness (QED) is 0.869. The second kappa shape index (κ2) is 5.40. The van der Waals surface area contributed by atoms with Gasteiger partial charge in [0.05, 0.1) is 0 Å². The molecule has 0 aliphatic carbocycles. The number of aryl methyl sites for hydroxylation is 2. The molecule has 2 atom stereocenters. The van der Waals surface area contributed by atoms with Gasteiger partial charge in [0.25, 0.3) is 0 Å². The van der Waals surface area contributed by atoms with Gasteiger partial charge in [0.15, 0.2) is 0 Å². The van der Waals surface area contributed by atoms with E-state index in [2.05, 4.69) is 24.1 Å². The Hall–Kier alpha value is -1.62. The summed E-state index contributed by atoms with van der Waals surface area (Å²) < 4.78 is 0. The maximum atomic E-state index is 12.3. The Kier molecular flexibility index (Phi) is 3.99. The Bertz CT molecular complexity index is 496. The molecule has 110 valence electrons. The fraction of sp³-hybridized carbons (Fsp3) is 0.600. The smallest absolute Gasteiger partial charge is 0.323 e. The molecule has 1 fully saturated rings. The standard InChI is InChI=1S/C15H24N4O/c1-10-5-12(3)17-13(6-10)18-14(20)19-7-11(2)15(4,8-16)9-19/h5-6,11H,7-9,16H2,1-4H3,(H,17,18,20)/t11-,15-/m1/s1. The van der Waals surface area contributed by atoms with E-state index in [9.17, 15) is 4.79 Å². The van der Waals surface area contributed by atoms with Crippen molar-refractivity contribution in [1.29, 1.82) is 0 Å². The summed E-state index contributed by atoms with van der Waals surface area (Å²) in [6.45, 7) is 10.2. The van der Waals surface area contributed by atoms with Gasteiger partial charge < -0.3 is 10.6 Å². The first-order valence-electron chi connectivity index (χ1n) is 7.05. The molecule has 0 aromatic carbocycles. The predicted octanol–water partition coefficient (Wildman–Crippen LogP) is 2.15. The third kappa shape index (κ3) is 2.93. The van der Waals surface area contributed by atoms with Crippen LogP contribution < -0.4 is 11.1 Å². The lowest BCUT2D eigenvalue weighted by atomic mass is 9.81. The van der Waals surface area contributed by atoms with Crippen LogP contribution in [0, 0.1) is 25.2 Å². The zero-order chi connectivity index (χ0) is 14.9. The number of pyridine rings is 1. The maximum Gasteiger partial charge on any atom is 0.323 e. The molecule has 1 saturated heterocycles. The molecule has 1 aromatic rings. The number of rotatable bonds is 2. The molecule has 5 heteroatoms. The number of anilines is 1. The topological polar surface area (TPSA) is 71.2 Å². The van der Waals surface area contributed by atoms with Crippen molar-refractivity contribution in [3.05, 3.63) is 23.4 Å². The highest BCUT2D eigenvalue weighted by Gasteiger charge is 2.41. The van der Waals surface area contributed by atoms with Crippen LogP contribution in [0.2, 0.25) is 0 Å². The summed E-state index contributed by atoms with van der Waals surface area (Å²) in [6.07, 6.45) is 0. The van der Waals surface area contributed by atoms with E-state index in [0.29, 0.717) is 24.8 Å². The number of likely N-dealkylation sites (tertiary alicyclic amines) is 1. The minimum atomic E-state index is -0.0912. The molecule has 0 unspecified atom stereocenters. The van der Waals surface area contributed by atoms with Crippen LogP contribution in [0.15, 0.2) is 12.1 Å². The molecule has 2 rings (SSSR count). The Labute approximate surface area is 120 Å². The molecule has 0 radical (unpaired) electrons. The lowest BCUT2D eigenvalue weighted by Crippen LogP contribution is -2.37. The number of hydrogen-bond donors (Lipinski definition) is 2. The third-order valence-electron chi connectivity index (χ3n) is 4.32. The van der Waals surface area contributed by atoms with E-state index < -0.39 is 0 Å². The van der Waals surface area contributed by atoms with Crippen LogP contribution >= 0.6 is 0 Å². The van der Waals surface area contributed by atoms with Crippen LogP contribution in [0.4, 0.5) is 10.6 Å². The van der Waals surface area contributed by atoms with Crippen molar-refractivity contribution >= 4 is 11.8 Å². The minimum Gasteiger partial charge on any atom is -0.330 e. The Morgan fingerprint density at radius 2 is 2.25 bits per heavy atom. The zero-order valence-electron chi connectivity index (χ0n) is 12.7. The van der Waals surface area contributed by atoms with Gasteiger partial charge in [0.1, 0.15) is 5.82 Å². The summed E-state index contributed by atoms with van der Waals surface area (Å²) in [7, 11) is 0. The van der Waals surface area contributed by atoms with Crippen molar-refractivity contribution in [1.82, 2.24) is 9.88 Å². The first-order chi connectivity index (χ1) is 9.34. The lowest BCUT2D eigenvalue weighted by Gasteiger charge is -2.25. The monoisotopic (exact) mass is 276 g/mol. The number of carbonyl (C=O) groups is 1. The molecule has 3 N–H and O–H groups in total. The largest absolute Gasteiger partial charge is 0.330 e. The molecular formula is C15H24N4O. The van der Waals surface area contributed by atoms with E-state index in [1.807, 2.05) is 30.9 Å². The number of aromatic nitrogens is 1. The SMILES string of the molecule is Cc1cc(C)nc(NC(=O)N2C[C@@H](C)[C@](C)(CN)C2)c1. The maximum absolute atomic E-state index is 12.3. The van der Waals surface area contributed by atoms with Crippen molar-refractivity contribution in [2.24, 2.45) is 17.1 Å². The Morgan fingerprint density at radius 1 is 1.55 bits per heavy atom. The third-order valence-corrected chi connectivity index (χ3v) is 4.32. The molecule has 5 nitrogen and oxygen atoms in total. The molecule has 20 heavy (non-hydrogen) atoms. The van der Waals surface area contributed by atoms with Gasteiger partial charge in [-0.1, -0.05) is 13.8 Å². The molecule has 1 aliphatic heterocycles. The zero-order valence-corrected chi connectivity index (χ0v) is 12.7. The molecule has 1 aliphatic rings. The number of hydrogen-bond acceptors (Lipinski definition) is 3. The van der Waals surface area contributed by atoms with E-state index in [0.717, 1.165) is 17.8 Å². The van der Waals surface area contributed by atoms with E-state index in [1.54, 1.807) is 0 Å². The van der Waals surface area contributed by atoms with Crippen LogP contribution in [0.5, 0.6) is 0 Å². The number of nitrogens with zero attached hydrogens (tertiary/aromatic N) is 2. The van der Waals surface area contributed by atoms with Gasteiger partial charge in [0.2, 0.25) is 0 Å². The van der Waals surface area contributed by atoms with Crippen molar-refractivity contribution in [2.75, 3.05) is 25.0 Å².